The molecule has 0 aliphatic carbocycles. The molecular weight excluding hydrogens is 404 g/mol. The lowest BCUT2D eigenvalue weighted by Crippen LogP contribution is -2.57. The summed E-state index contributed by atoms with van der Waals surface area (Å²) in [4.78, 5) is 37.8. The molecule has 1 atom stereocenters. The number of piperazine rings is 1. The van der Waals surface area contributed by atoms with Gasteiger partial charge in [-0.3, -0.25) is 14.4 Å². The van der Waals surface area contributed by atoms with Gasteiger partial charge >= 0.3 is 5.97 Å². The molecule has 0 bridgehead atoms. The molecule has 1 saturated heterocycles. The summed E-state index contributed by atoms with van der Waals surface area (Å²) < 4.78 is 11.0. The SMILES string of the molecule is CCOC(=O)CC1C(=O)NCCN1C(=O)C=Cc1cc(Br)ccc1OC. The number of amides is 2. The molecule has 0 spiro atoms. The van der Waals surface area contributed by atoms with Crippen LogP contribution < -0.4 is 10.1 Å². The highest BCUT2D eigenvalue weighted by molar-refractivity contribution is 9.10. The predicted octanol–water partition coefficient (Wildman–Crippen LogP) is 1.75. The first-order valence-electron chi connectivity index (χ1n) is 8.21. The molecule has 1 heterocycles. The van der Waals surface area contributed by atoms with Crippen LogP contribution in [0.2, 0.25) is 0 Å². The standard InChI is InChI=1S/C18H21BrN2O5/c1-3-26-17(23)11-14-18(24)20-8-9-21(14)16(22)7-4-12-10-13(19)5-6-15(12)25-2/h4-7,10,14H,3,8-9,11H2,1-2H3,(H,20,24). The van der Waals surface area contributed by atoms with Crippen molar-refractivity contribution in [1.29, 1.82) is 0 Å². The number of halogens is 1. The van der Waals surface area contributed by atoms with E-state index in [-0.39, 0.29) is 24.8 Å². The largest absolute Gasteiger partial charge is 0.496 e. The van der Waals surface area contributed by atoms with E-state index in [1.165, 1.54) is 11.0 Å². The third kappa shape index (κ3) is 5.08. The van der Waals surface area contributed by atoms with E-state index in [1.54, 1.807) is 26.2 Å². The quantitative estimate of drug-likeness (QED) is 0.555. The molecule has 0 saturated carbocycles. The lowest BCUT2D eigenvalue weighted by molar-refractivity contribution is -0.150. The van der Waals surface area contributed by atoms with Crippen molar-refractivity contribution in [2.45, 2.75) is 19.4 Å². The van der Waals surface area contributed by atoms with Gasteiger partial charge in [0.15, 0.2) is 0 Å². The summed E-state index contributed by atoms with van der Waals surface area (Å²) in [6, 6.07) is 4.57. The first-order valence-corrected chi connectivity index (χ1v) is 9.01. The number of carbonyl (C=O) groups excluding carboxylic acids is 3. The Labute approximate surface area is 160 Å². The molecule has 1 aliphatic heterocycles. The number of hydrogen-bond acceptors (Lipinski definition) is 5. The Morgan fingerprint density at radius 3 is 2.88 bits per heavy atom. The third-order valence-electron chi connectivity index (χ3n) is 3.88. The number of esters is 1. The topological polar surface area (TPSA) is 84.9 Å². The van der Waals surface area contributed by atoms with E-state index >= 15 is 0 Å². The maximum atomic E-state index is 12.6. The average Bonchev–Trinajstić information content (AvgIpc) is 2.61. The normalized spacial score (nSPS) is 17.1. The second kappa shape index (κ2) is 9.38. The van der Waals surface area contributed by atoms with Crippen LogP contribution >= 0.6 is 15.9 Å². The van der Waals surface area contributed by atoms with Crippen LogP contribution in [0.4, 0.5) is 0 Å². The summed E-state index contributed by atoms with van der Waals surface area (Å²) in [5.41, 5.74) is 0.721. The Morgan fingerprint density at radius 1 is 1.42 bits per heavy atom. The number of benzene rings is 1. The zero-order chi connectivity index (χ0) is 19.1. The van der Waals surface area contributed by atoms with Crippen molar-refractivity contribution in [3.8, 4) is 5.75 Å². The molecule has 1 aromatic carbocycles. The number of nitrogens with zero attached hydrogens (tertiary/aromatic N) is 1. The fourth-order valence-electron chi connectivity index (χ4n) is 2.65. The van der Waals surface area contributed by atoms with E-state index in [1.807, 2.05) is 12.1 Å². The van der Waals surface area contributed by atoms with Gasteiger partial charge in [0.25, 0.3) is 0 Å². The Hall–Kier alpha value is -2.35. The van der Waals surface area contributed by atoms with Crippen molar-refractivity contribution in [3.05, 3.63) is 34.3 Å². The van der Waals surface area contributed by atoms with Crippen LogP contribution in [0.1, 0.15) is 18.9 Å². The molecule has 2 amide bonds. The van der Waals surface area contributed by atoms with Crippen molar-refractivity contribution < 1.29 is 23.9 Å². The number of rotatable bonds is 6. The highest BCUT2D eigenvalue weighted by atomic mass is 79.9. The molecule has 1 aliphatic rings. The molecule has 2 rings (SSSR count). The summed E-state index contributed by atoms with van der Waals surface area (Å²) in [6.07, 6.45) is 2.83. The predicted molar refractivity (Wildman–Crippen MR) is 99.5 cm³/mol. The summed E-state index contributed by atoms with van der Waals surface area (Å²) >= 11 is 3.38. The minimum Gasteiger partial charge on any atom is -0.496 e. The smallest absolute Gasteiger partial charge is 0.308 e. The highest BCUT2D eigenvalue weighted by Crippen LogP contribution is 2.24. The lowest BCUT2D eigenvalue weighted by Gasteiger charge is -2.33. The van der Waals surface area contributed by atoms with Gasteiger partial charge in [-0.05, 0) is 31.2 Å². The van der Waals surface area contributed by atoms with Crippen LogP contribution in [0.25, 0.3) is 6.08 Å². The van der Waals surface area contributed by atoms with Crippen molar-refractivity contribution in [3.63, 3.8) is 0 Å². The molecule has 0 radical (unpaired) electrons. The zero-order valence-corrected chi connectivity index (χ0v) is 16.2. The Bertz CT molecular complexity index is 720. The third-order valence-corrected chi connectivity index (χ3v) is 4.37. The number of methoxy groups -OCH3 is 1. The monoisotopic (exact) mass is 424 g/mol. The van der Waals surface area contributed by atoms with Crippen LogP contribution in [-0.2, 0) is 19.1 Å². The Morgan fingerprint density at radius 2 is 2.19 bits per heavy atom. The van der Waals surface area contributed by atoms with Crippen molar-refractivity contribution in [2.75, 3.05) is 26.8 Å². The molecule has 1 N–H and O–H groups in total. The van der Waals surface area contributed by atoms with Crippen LogP contribution in [0, 0.1) is 0 Å². The molecule has 1 aromatic rings. The summed E-state index contributed by atoms with van der Waals surface area (Å²) in [6.45, 7) is 2.59. The molecule has 1 fully saturated rings. The van der Waals surface area contributed by atoms with Crippen molar-refractivity contribution >= 4 is 39.8 Å². The fraction of sp³-hybridized carbons (Fsp3) is 0.389. The molecule has 140 valence electrons. The fourth-order valence-corrected chi connectivity index (χ4v) is 3.03. The van der Waals surface area contributed by atoms with Crippen molar-refractivity contribution in [1.82, 2.24) is 10.2 Å². The molecule has 7 nitrogen and oxygen atoms in total. The summed E-state index contributed by atoms with van der Waals surface area (Å²) in [5.74, 6) is -0.594. The first kappa shape index (κ1) is 20.0. The van der Waals surface area contributed by atoms with Gasteiger partial charge in [-0.15, -0.1) is 0 Å². The Balaban J connectivity index is 2.16. The lowest BCUT2D eigenvalue weighted by atomic mass is 10.1. The molecule has 1 unspecified atom stereocenters. The molecular formula is C18H21BrN2O5. The molecule has 8 heteroatoms. The van der Waals surface area contributed by atoms with E-state index in [2.05, 4.69) is 21.2 Å². The maximum absolute atomic E-state index is 12.6. The average molecular weight is 425 g/mol. The van der Waals surface area contributed by atoms with Gasteiger partial charge in [-0.25, -0.2) is 0 Å². The van der Waals surface area contributed by atoms with Gasteiger partial charge < -0.3 is 19.7 Å². The van der Waals surface area contributed by atoms with Gasteiger partial charge in [-0.2, -0.15) is 0 Å². The zero-order valence-electron chi connectivity index (χ0n) is 14.7. The molecule has 0 aromatic heterocycles. The van der Waals surface area contributed by atoms with E-state index < -0.39 is 12.0 Å². The minimum absolute atomic E-state index is 0.167. The second-order valence-electron chi connectivity index (χ2n) is 5.57. The number of carbonyl (C=O) groups is 3. The van der Waals surface area contributed by atoms with E-state index in [0.717, 1.165) is 10.0 Å². The number of hydrogen-bond donors (Lipinski definition) is 1. The van der Waals surface area contributed by atoms with E-state index in [4.69, 9.17) is 9.47 Å². The van der Waals surface area contributed by atoms with Gasteiger partial charge in [0, 0.05) is 29.2 Å². The van der Waals surface area contributed by atoms with Crippen molar-refractivity contribution in [2.24, 2.45) is 0 Å². The van der Waals surface area contributed by atoms with Crippen LogP contribution in [0.3, 0.4) is 0 Å². The van der Waals surface area contributed by atoms with Crippen LogP contribution in [0.5, 0.6) is 5.75 Å². The summed E-state index contributed by atoms with van der Waals surface area (Å²) in [5, 5.41) is 2.67. The second-order valence-corrected chi connectivity index (χ2v) is 6.48. The van der Waals surface area contributed by atoms with Gasteiger partial charge in [0.1, 0.15) is 11.8 Å². The van der Waals surface area contributed by atoms with E-state index in [9.17, 15) is 14.4 Å². The number of ether oxygens (including phenoxy) is 2. The van der Waals surface area contributed by atoms with E-state index in [0.29, 0.717) is 18.8 Å². The van der Waals surface area contributed by atoms with Crippen LogP contribution in [0.15, 0.2) is 28.7 Å². The van der Waals surface area contributed by atoms with Gasteiger partial charge in [0.05, 0.1) is 20.1 Å². The number of nitrogens with one attached hydrogen (secondary N) is 1. The van der Waals surface area contributed by atoms with Gasteiger partial charge in [0.2, 0.25) is 11.8 Å². The molecule has 26 heavy (non-hydrogen) atoms. The van der Waals surface area contributed by atoms with Crippen LogP contribution in [-0.4, -0.2) is 55.5 Å². The first-order chi connectivity index (χ1) is 12.5. The highest BCUT2D eigenvalue weighted by Gasteiger charge is 2.34. The maximum Gasteiger partial charge on any atom is 0.308 e. The van der Waals surface area contributed by atoms with Gasteiger partial charge in [-0.1, -0.05) is 15.9 Å². The summed E-state index contributed by atoms with van der Waals surface area (Å²) in [7, 11) is 1.55. The Kier molecular flexibility index (Phi) is 7.20. The minimum atomic E-state index is -0.871.